The van der Waals surface area contributed by atoms with Crippen molar-refractivity contribution in [2.24, 2.45) is 35.5 Å². The van der Waals surface area contributed by atoms with E-state index in [0.29, 0.717) is 5.56 Å². The summed E-state index contributed by atoms with van der Waals surface area (Å²) in [6, 6.07) is 5.32. The monoisotopic (exact) mass is 1080 g/mol. The summed E-state index contributed by atoms with van der Waals surface area (Å²) >= 11 is 1.62. The van der Waals surface area contributed by atoms with Crippen LogP contribution in [0.5, 0.6) is 11.5 Å². The van der Waals surface area contributed by atoms with Crippen molar-refractivity contribution >= 4 is 22.6 Å². The van der Waals surface area contributed by atoms with Crippen LogP contribution in [0.3, 0.4) is 0 Å². The van der Waals surface area contributed by atoms with E-state index < -0.39 is 66.4 Å². The average Bonchev–Trinajstić information content (AvgIpc) is 3.33. The second-order valence-electron chi connectivity index (χ2n) is 18.6. The van der Waals surface area contributed by atoms with Crippen molar-refractivity contribution in [3.8, 4) is 11.5 Å². The number of ether oxygens (including phenoxy) is 1. The number of aromatic hydroxyl groups is 1. The maximum absolute atomic E-state index is 14.0. The van der Waals surface area contributed by atoms with Gasteiger partial charge in [0.2, 0.25) is 6.86 Å². The molecule has 0 bridgehead atoms. The van der Waals surface area contributed by atoms with E-state index in [-0.39, 0.29) is 16.5 Å². The second kappa shape index (κ2) is 34.7. The van der Waals surface area contributed by atoms with Gasteiger partial charge in [-0.15, -0.1) is 0 Å². The lowest BCUT2D eigenvalue weighted by Gasteiger charge is -2.38. The van der Waals surface area contributed by atoms with Crippen LogP contribution in [0.15, 0.2) is 49.1 Å². The van der Waals surface area contributed by atoms with E-state index in [1.54, 1.807) is 22.6 Å². The molecule has 6 rings (SSSR count). The number of hydrogen-bond acceptors (Lipinski definition) is 2. The molecule has 4 aliphatic carbocycles. The third-order valence-electron chi connectivity index (χ3n) is 14.5. The van der Waals surface area contributed by atoms with E-state index in [2.05, 4.69) is 18.6 Å². The first kappa shape index (κ1) is 60.5. The van der Waals surface area contributed by atoms with Gasteiger partial charge in [0.15, 0.2) is 47.4 Å². The molecule has 4 fully saturated rings. The molecule has 1 N–H and O–H groups in total. The van der Waals surface area contributed by atoms with Gasteiger partial charge in [-0.2, -0.15) is 17.6 Å². The number of phenolic OH excluding ortho intramolecular Hbond substituents is 1. The van der Waals surface area contributed by atoms with E-state index in [9.17, 15) is 57.8 Å². The van der Waals surface area contributed by atoms with E-state index in [0.717, 1.165) is 79.6 Å². The lowest BCUT2D eigenvalue weighted by Crippen LogP contribution is -2.25. The molecule has 4 aliphatic rings. The molecule has 0 amide bonds. The van der Waals surface area contributed by atoms with Crippen LogP contribution >= 0.6 is 22.6 Å². The number of rotatable bonds is 14. The van der Waals surface area contributed by atoms with E-state index in [4.69, 9.17) is 0 Å². The minimum absolute atomic E-state index is 0.199. The maximum Gasteiger partial charge on any atom is 0.298 e. The quantitative estimate of drug-likeness (QED) is 0.0884. The second-order valence-corrected chi connectivity index (χ2v) is 19.2. The fourth-order valence-corrected chi connectivity index (χ4v) is 10.9. The average molecular weight is 1090 g/mol. The molecule has 0 saturated heterocycles. The first-order valence-electron chi connectivity index (χ1n) is 24.4. The standard InChI is InChI=1S/C24H35F3O.C23H34F2O.2C2HF3.CH2FI/c1-2-3-4-5-17-6-8-18(9-7-17)19-10-12-20(13-11-19)21-14-22(26)24(28-16-25)23(27)15-21;1-2-3-4-5-16-6-8-17(9-7-16)18-10-12-19(13-11-18)20-14-21(24)23(26)22(25)15-20;2*3-1-2(4)5;2-1-3/h14-15,17-20H,2-13,16H2,1H3;14-19,26H,2-13H2,1H3;2*1H;1H2. The zero-order chi connectivity index (χ0) is 49.7. The molecular weight excluding hydrogens is 1010 g/mol. The van der Waals surface area contributed by atoms with Crippen LogP contribution in [-0.4, -0.2) is 16.6 Å². The van der Waals surface area contributed by atoms with Crippen LogP contribution < -0.4 is 4.74 Å². The summed E-state index contributed by atoms with van der Waals surface area (Å²) in [5.41, 5.74) is 1.41. The van der Waals surface area contributed by atoms with Crippen LogP contribution in [-0.2, 0) is 0 Å². The highest BCUT2D eigenvalue weighted by Gasteiger charge is 2.33. The van der Waals surface area contributed by atoms with Gasteiger partial charge >= 0.3 is 0 Å². The topological polar surface area (TPSA) is 29.5 Å². The lowest BCUT2D eigenvalue weighted by molar-refractivity contribution is 0.155. The summed E-state index contributed by atoms with van der Waals surface area (Å²) in [7, 11) is 0. The summed E-state index contributed by atoms with van der Waals surface area (Å²) in [5.74, 6) is 0.918. The minimum Gasteiger partial charge on any atom is -0.503 e. The van der Waals surface area contributed by atoms with Crippen LogP contribution in [0.4, 0.5) is 52.7 Å². The van der Waals surface area contributed by atoms with Crippen molar-refractivity contribution in [2.45, 2.75) is 180 Å². The minimum atomic E-state index is -2.29. The summed E-state index contributed by atoms with van der Waals surface area (Å²) in [6.45, 7) is 3.32. The van der Waals surface area contributed by atoms with Crippen molar-refractivity contribution in [3.63, 3.8) is 0 Å². The van der Waals surface area contributed by atoms with Gasteiger partial charge in [0.25, 0.3) is 12.2 Å². The van der Waals surface area contributed by atoms with E-state index >= 15 is 0 Å². The Labute approximate surface area is 405 Å². The van der Waals surface area contributed by atoms with Gasteiger partial charge < -0.3 is 9.84 Å². The SMILES string of the molecule is CCCCCC1CCC(C2CCC(c3cc(F)c(O)c(F)c3)CC2)CC1.CCCCCC1CCC(C2CCC(c3cc(F)c(OCF)c(F)c3)CC2)CC1.FC=C(F)F.FC=C(F)F.FCI. The smallest absolute Gasteiger partial charge is 0.298 e. The molecule has 15 heteroatoms. The van der Waals surface area contributed by atoms with Crippen LogP contribution in [0.2, 0.25) is 0 Å². The van der Waals surface area contributed by atoms with Gasteiger partial charge in [0.05, 0.1) is 0 Å². The maximum atomic E-state index is 14.0. The van der Waals surface area contributed by atoms with Gasteiger partial charge in [-0.3, -0.25) is 0 Å². The summed E-state index contributed by atoms with van der Waals surface area (Å²) in [6.07, 6.45) is 24.7. The molecule has 384 valence electrons. The Bertz CT molecular complexity index is 1610. The highest BCUT2D eigenvalue weighted by Crippen LogP contribution is 2.47. The number of hydrogen-bond donors (Lipinski definition) is 1. The number of benzene rings is 2. The normalized spacial score (nSPS) is 24.6. The third-order valence-corrected chi connectivity index (χ3v) is 14.5. The molecule has 0 heterocycles. The Morgan fingerprint density at radius 3 is 1.09 bits per heavy atom. The van der Waals surface area contributed by atoms with Gasteiger partial charge in [-0.1, -0.05) is 90.9 Å². The molecule has 0 aromatic heterocycles. The van der Waals surface area contributed by atoms with Crippen LogP contribution in [0.25, 0.3) is 0 Å². The van der Waals surface area contributed by atoms with Gasteiger partial charge in [0, 0.05) is 0 Å². The fourth-order valence-electron chi connectivity index (χ4n) is 10.9. The van der Waals surface area contributed by atoms with Gasteiger partial charge in [-0.05, 0) is 182 Å². The van der Waals surface area contributed by atoms with Gasteiger partial charge in [-0.25, -0.2) is 35.1 Å². The van der Waals surface area contributed by atoms with E-state index in [1.165, 1.54) is 140 Å². The molecule has 2 aromatic carbocycles. The van der Waals surface area contributed by atoms with E-state index in [1.807, 2.05) is 0 Å². The Kier molecular flexibility index (Phi) is 31.3. The van der Waals surface area contributed by atoms with Crippen LogP contribution in [0.1, 0.15) is 191 Å². The molecule has 0 aliphatic heterocycles. The number of halogens is 13. The molecule has 2 nitrogen and oxygen atoms in total. The van der Waals surface area contributed by atoms with Crippen molar-refractivity contribution < 1.29 is 62.5 Å². The molecule has 0 radical (unpaired) electrons. The fraction of sp³-hybridized carbons (Fsp3) is 0.692. The predicted molar refractivity (Wildman–Crippen MR) is 252 cm³/mol. The van der Waals surface area contributed by atoms with Crippen molar-refractivity contribution in [3.05, 3.63) is 83.5 Å². The number of alkyl halides is 3. The Hall–Kier alpha value is -2.59. The van der Waals surface area contributed by atoms with Crippen molar-refractivity contribution in [1.82, 2.24) is 0 Å². The third kappa shape index (κ3) is 22.8. The molecule has 0 spiro atoms. The first-order valence-corrected chi connectivity index (χ1v) is 25.9. The van der Waals surface area contributed by atoms with Crippen molar-refractivity contribution in [2.75, 3.05) is 11.5 Å². The zero-order valence-corrected chi connectivity index (χ0v) is 41.4. The summed E-state index contributed by atoms with van der Waals surface area (Å²) in [5, 5.41) is 9.28. The lowest BCUT2D eigenvalue weighted by atomic mass is 9.68. The molecule has 67 heavy (non-hydrogen) atoms. The summed E-state index contributed by atoms with van der Waals surface area (Å²) < 4.78 is 143. The molecule has 2 aromatic rings. The van der Waals surface area contributed by atoms with Gasteiger partial charge in [0.1, 0.15) is 4.68 Å². The molecule has 0 atom stereocenters. The zero-order valence-electron chi connectivity index (χ0n) is 39.2. The Morgan fingerprint density at radius 2 is 0.821 bits per heavy atom. The Morgan fingerprint density at radius 1 is 0.537 bits per heavy atom. The highest BCUT2D eigenvalue weighted by molar-refractivity contribution is 14.1. The number of phenols is 1. The first-order chi connectivity index (χ1) is 32.2. The largest absolute Gasteiger partial charge is 0.503 e. The highest BCUT2D eigenvalue weighted by atomic mass is 127. The summed E-state index contributed by atoms with van der Waals surface area (Å²) in [4.78, 5) is 0. The predicted octanol–water partition coefficient (Wildman–Crippen LogP) is 20.0. The van der Waals surface area contributed by atoms with Crippen LogP contribution in [0, 0.1) is 58.8 Å². The number of unbranched alkanes of at least 4 members (excludes halogenated alkanes) is 4. The Balaban J connectivity index is 0.000000365. The molecular formula is C52H73F12IO2. The van der Waals surface area contributed by atoms with Crippen molar-refractivity contribution in [1.29, 1.82) is 0 Å². The molecule has 4 saturated carbocycles. The molecule has 0 unspecified atom stereocenters.